The molecular weight excluding hydrogens is 314 g/mol. The number of piperidine rings is 1. The third-order valence-corrected chi connectivity index (χ3v) is 5.59. The summed E-state index contributed by atoms with van der Waals surface area (Å²) in [7, 11) is 0. The fraction of sp³-hybridized carbons (Fsp3) is 0.600. The highest BCUT2D eigenvalue weighted by Crippen LogP contribution is 2.24. The van der Waals surface area contributed by atoms with Gasteiger partial charge in [0, 0.05) is 57.3 Å². The molecule has 1 atom stereocenters. The Morgan fingerprint density at radius 1 is 0.960 bits per heavy atom. The van der Waals surface area contributed by atoms with E-state index in [1.807, 2.05) is 9.80 Å². The largest absolute Gasteiger partial charge is 0.365 e. The number of hydrogen-bond donors (Lipinski definition) is 0. The zero-order valence-corrected chi connectivity index (χ0v) is 15.6. The summed E-state index contributed by atoms with van der Waals surface area (Å²) >= 11 is 0. The van der Waals surface area contributed by atoms with Gasteiger partial charge < -0.3 is 14.7 Å². The number of piperazine rings is 1. The number of benzene rings is 1. The van der Waals surface area contributed by atoms with Crippen LogP contribution in [0.2, 0.25) is 0 Å². The number of anilines is 1. The first-order chi connectivity index (χ1) is 12.0. The molecule has 0 aliphatic carbocycles. The highest BCUT2D eigenvalue weighted by Gasteiger charge is 2.33. The second kappa shape index (κ2) is 7.46. The van der Waals surface area contributed by atoms with Crippen molar-refractivity contribution in [2.45, 2.75) is 39.7 Å². The Bertz CT molecular complexity index is 620. The quantitative estimate of drug-likeness (QED) is 0.828. The van der Waals surface area contributed by atoms with Gasteiger partial charge in [0.25, 0.3) is 0 Å². The van der Waals surface area contributed by atoms with E-state index in [1.165, 1.54) is 11.3 Å². The molecule has 2 amide bonds. The Morgan fingerprint density at radius 3 is 2.16 bits per heavy atom. The van der Waals surface area contributed by atoms with Crippen LogP contribution in [0.3, 0.4) is 0 Å². The number of likely N-dealkylation sites (tertiary alicyclic amines) is 1. The number of rotatable bonds is 2. The number of hydrogen-bond acceptors (Lipinski definition) is 3. The van der Waals surface area contributed by atoms with E-state index < -0.39 is 0 Å². The van der Waals surface area contributed by atoms with Gasteiger partial charge in [-0.05, 0) is 38.8 Å². The predicted molar refractivity (Wildman–Crippen MR) is 99.5 cm³/mol. The maximum atomic E-state index is 12.9. The van der Waals surface area contributed by atoms with E-state index in [-0.39, 0.29) is 17.7 Å². The van der Waals surface area contributed by atoms with Gasteiger partial charge in [0.15, 0.2) is 0 Å². The maximum absolute atomic E-state index is 12.9. The molecule has 0 spiro atoms. The van der Waals surface area contributed by atoms with Gasteiger partial charge in [0.05, 0.1) is 0 Å². The first-order valence-electron chi connectivity index (χ1n) is 9.33. The molecule has 136 valence electrons. The summed E-state index contributed by atoms with van der Waals surface area (Å²) in [5.74, 6) is 0.471. The molecule has 2 aliphatic rings. The van der Waals surface area contributed by atoms with E-state index in [4.69, 9.17) is 0 Å². The Balaban J connectivity index is 1.56. The molecule has 0 radical (unpaired) electrons. The molecule has 2 aliphatic heterocycles. The Kier molecular flexibility index (Phi) is 5.30. The van der Waals surface area contributed by atoms with Gasteiger partial charge in [-0.3, -0.25) is 9.59 Å². The van der Waals surface area contributed by atoms with Crippen LogP contribution in [0, 0.1) is 12.8 Å². The normalized spacial score (nSPS) is 22.2. The van der Waals surface area contributed by atoms with Gasteiger partial charge in [-0.1, -0.05) is 17.7 Å². The van der Waals surface area contributed by atoms with Gasteiger partial charge in [-0.25, -0.2) is 0 Å². The Labute approximate surface area is 150 Å². The molecular formula is C20H29N3O2. The standard InChI is InChI=1S/C20H29N3O2/c1-15-4-6-19(7-5-15)23-13-12-22(14-16(23)2)20(25)18-8-10-21(11-9-18)17(3)24/h4-7,16,18H,8-14H2,1-3H3. The van der Waals surface area contributed by atoms with Crippen molar-refractivity contribution >= 4 is 17.5 Å². The van der Waals surface area contributed by atoms with Gasteiger partial charge in [0.1, 0.15) is 0 Å². The number of carbonyl (C=O) groups excluding carboxylic acids is 2. The van der Waals surface area contributed by atoms with Crippen LogP contribution in [0.25, 0.3) is 0 Å². The molecule has 2 fully saturated rings. The molecule has 0 saturated carbocycles. The number of nitrogens with zero attached hydrogens (tertiary/aromatic N) is 3. The summed E-state index contributed by atoms with van der Waals surface area (Å²) in [6.07, 6.45) is 1.59. The monoisotopic (exact) mass is 343 g/mol. The van der Waals surface area contributed by atoms with E-state index in [9.17, 15) is 9.59 Å². The smallest absolute Gasteiger partial charge is 0.225 e. The molecule has 1 aromatic rings. The average Bonchev–Trinajstić information content (AvgIpc) is 2.62. The van der Waals surface area contributed by atoms with Crippen LogP contribution in [-0.4, -0.2) is 60.4 Å². The van der Waals surface area contributed by atoms with Gasteiger partial charge in [-0.15, -0.1) is 0 Å². The summed E-state index contributed by atoms with van der Waals surface area (Å²) in [5, 5.41) is 0. The molecule has 5 heteroatoms. The molecule has 1 unspecified atom stereocenters. The average molecular weight is 343 g/mol. The lowest BCUT2D eigenvalue weighted by atomic mass is 9.94. The lowest BCUT2D eigenvalue weighted by molar-refractivity contribution is -0.140. The summed E-state index contributed by atoms with van der Waals surface area (Å²) < 4.78 is 0. The van der Waals surface area contributed by atoms with Crippen LogP contribution in [0.1, 0.15) is 32.3 Å². The summed E-state index contributed by atoms with van der Waals surface area (Å²) in [6, 6.07) is 8.93. The molecule has 3 rings (SSSR count). The van der Waals surface area contributed by atoms with E-state index in [0.29, 0.717) is 19.1 Å². The highest BCUT2D eigenvalue weighted by atomic mass is 16.2. The second-order valence-corrected chi connectivity index (χ2v) is 7.44. The van der Waals surface area contributed by atoms with Gasteiger partial charge >= 0.3 is 0 Å². The van der Waals surface area contributed by atoms with Crippen LogP contribution in [0.4, 0.5) is 5.69 Å². The van der Waals surface area contributed by atoms with Crippen molar-refractivity contribution in [1.29, 1.82) is 0 Å². The molecule has 5 nitrogen and oxygen atoms in total. The van der Waals surface area contributed by atoms with Gasteiger partial charge in [-0.2, -0.15) is 0 Å². The van der Waals surface area contributed by atoms with Crippen molar-refractivity contribution in [2.75, 3.05) is 37.6 Å². The third-order valence-electron chi connectivity index (χ3n) is 5.59. The number of carbonyl (C=O) groups is 2. The van der Waals surface area contributed by atoms with E-state index in [1.54, 1.807) is 6.92 Å². The fourth-order valence-electron chi connectivity index (χ4n) is 3.98. The second-order valence-electron chi connectivity index (χ2n) is 7.44. The van der Waals surface area contributed by atoms with Crippen molar-refractivity contribution in [3.05, 3.63) is 29.8 Å². The van der Waals surface area contributed by atoms with Crippen molar-refractivity contribution in [1.82, 2.24) is 9.80 Å². The zero-order valence-electron chi connectivity index (χ0n) is 15.6. The SMILES string of the molecule is CC(=O)N1CCC(C(=O)N2CCN(c3ccc(C)cc3)C(C)C2)CC1. The number of amides is 2. The molecule has 0 aromatic heterocycles. The van der Waals surface area contributed by atoms with E-state index in [0.717, 1.165) is 32.5 Å². The molecule has 0 bridgehead atoms. The maximum Gasteiger partial charge on any atom is 0.225 e. The van der Waals surface area contributed by atoms with Gasteiger partial charge in [0.2, 0.25) is 11.8 Å². The van der Waals surface area contributed by atoms with Crippen LogP contribution in [0.5, 0.6) is 0 Å². The highest BCUT2D eigenvalue weighted by molar-refractivity contribution is 5.80. The molecule has 25 heavy (non-hydrogen) atoms. The topological polar surface area (TPSA) is 43.9 Å². The zero-order chi connectivity index (χ0) is 18.0. The third kappa shape index (κ3) is 3.97. The van der Waals surface area contributed by atoms with Crippen LogP contribution < -0.4 is 4.90 Å². The first-order valence-corrected chi connectivity index (χ1v) is 9.33. The Hall–Kier alpha value is -2.04. The summed E-state index contributed by atoms with van der Waals surface area (Å²) in [5.41, 5.74) is 2.50. The predicted octanol–water partition coefficient (Wildman–Crippen LogP) is 2.29. The lowest BCUT2D eigenvalue weighted by Crippen LogP contribution is -2.55. The van der Waals surface area contributed by atoms with Crippen molar-refractivity contribution in [3.8, 4) is 0 Å². The van der Waals surface area contributed by atoms with Crippen LogP contribution in [-0.2, 0) is 9.59 Å². The molecule has 1 aromatic carbocycles. The van der Waals surface area contributed by atoms with Crippen LogP contribution >= 0.6 is 0 Å². The van der Waals surface area contributed by atoms with Crippen LogP contribution in [0.15, 0.2) is 24.3 Å². The summed E-state index contributed by atoms with van der Waals surface area (Å²) in [6.45, 7) is 9.76. The minimum Gasteiger partial charge on any atom is -0.365 e. The number of aryl methyl sites for hydroxylation is 1. The molecule has 2 saturated heterocycles. The van der Waals surface area contributed by atoms with Crippen molar-refractivity contribution < 1.29 is 9.59 Å². The molecule has 2 heterocycles. The fourth-order valence-corrected chi connectivity index (χ4v) is 3.98. The van der Waals surface area contributed by atoms with E-state index in [2.05, 4.69) is 43.0 Å². The Morgan fingerprint density at radius 2 is 1.60 bits per heavy atom. The minimum atomic E-state index is 0.0775. The summed E-state index contributed by atoms with van der Waals surface area (Å²) in [4.78, 5) is 30.6. The lowest BCUT2D eigenvalue weighted by Gasteiger charge is -2.43. The van der Waals surface area contributed by atoms with E-state index >= 15 is 0 Å². The first kappa shape index (κ1) is 17.8. The van der Waals surface area contributed by atoms with Crippen molar-refractivity contribution in [2.24, 2.45) is 5.92 Å². The molecule has 0 N–H and O–H groups in total. The van der Waals surface area contributed by atoms with Crippen molar-refractivity contribution in [3.63, 3.8) is 0 Å². The minimum absolute atomic E-state index is 0.0775.